The van der Waals surface area contributed by atoms with Gasteiger partial charge in [-0.15, -0.1) is 0 Å². The van der Waals surface area contributed by atoms with Gasteiger partial charge in [-0.2, -0.15) is 0 Å². The Morgan fingerprint density at radius 3 is 2.74 bits per heavy atom. The quantitative estimate of drug-likeness (QED) is 0.852. The van der Waals surface area contributed by atoms with Gasteiger partial charge in [0.25, 0.3) is 0 Å². The molecular formula is C16H29NO2. The summed E-state index contributed by atoms with van der Waals surface area (Å²) in [6.07, 6.45) is 10.7. The van der Waals surface area contributed by atoms with Crippen LogP contribution in [0.1, 0.15) is 51.4 Å². The minimum Gasteiger partial charge on any atom is -0.396 e. The fraction of sp³-hybridized carbons (Fsp3) is 1.00. The normalized spacial score (nSPS) is 40.9. The van der Waals surface area contributed by atoms with Gasteiger partial charge in [-0.3, -0.25) is 4.90 Å². The van der Waals surface area contributed by atoms with Gasteiger partial charge in [-0.25, -0.2) is 0 Å². The highest BCUT2D eigenvalue weighted by Crippen LogP contribution is 2.38. The summed E-state index contributed by atoms with van der Waals surface area (Å²) in [6.45, 7) is 4.24. The first kappa shape index (κ1) is 13.8. The minimum atomic E-state index is 0.0254. The summed E-state index contributed by atoms with van der Waals surface area (Å²) >= 11 is 0. The van der Waals surface area contributed by atoms with Crippen LogP contribution in [0, 0.1) is 11.3 Å². The van der Waals surface area contributed by atoms with Crippen molar-refractivity contribution in [3.8, 4) is 0 Å². The predicted octanol–water partition coefficient (Wildman–Crippen LogP) is 2.43. The molecule has 0 amide bonds. The lowest BCUT2D eigenvalue weighted by molar-refractivity contribution is -0.0736. The van der Waals surface area contributed by atoms with Crippen LogP contribution in [0.3, 0.4) is 0 Å². The minimum absolute atomic E-state index is 0.0254. The van der Waals surface area contributed by atoms with E-state index in [9.17, 15) is 5.11 Å². The molecule has 1 aliphatic carbocycles. The molecule has 3 atom stereocenters. The second-order valence-electron chi connectivity index (χ2n) is 7.04. The van der Waals surface area contributed by atoms with Gasteiger partial charge in [0, 0.05) is 24.6 Å². The van der Waals surface area contributed by atoms with Gasteiger partial charge < -0.3 is 9.84 Å². The van der Waals surface area contributed by atoms with Crippen molar-refractivity contribution in [3.63, 3.8) is 0 Å². The molecule has 3 nitrogen and oxygen atoms in total. The Hall–Kier alpha value is -0.120. The van der Waals surface area contributed by atoms with Gasteiger partial charge in [0.15, 0.2) is 0 Å². The van der Waals surface area contributed by atoms with Crippen molar-refractivity contribution in [1.82, 2.24) is 4.90 Å². The molecule has 2 saturated heterocycles. The van der Waals surface area contributed by atoms with Crippen LogP contribution in [0.25, 0.3) is 0 Å². The number of hydrogen-bond acceptors (Lipinski definition) is 3. The molecule has 0 aromatic heterocycles. The molecule has 3 rings (SSSR count). The number of hydrogen-bond donors (Lipinski definition) is 1. The molecule has 3 fully saturated rings. The van der Waals surface area contributed by atoms with Crippen LogP contribution in [0.5, 0.6) is 0 Å². The third kappa shape index (κ3) is 2.98. The average Bonchev–Trinajstić information content (AvgIpc) is 2.49. The van der Waals surface area contributed by atoms with Gasteiger partial charge in [-0.05, 0) is 51.0 Å². The fourth-order valence-electron chi connectivity index (χ4n) is 4.56. The SMILES string of the molecule is OCC1(CN2CCCC3CCCCC32)CCCOC1. The van der Waals surface area contributed by atoms with Crippen molar-refractivity contribution in [3.05, 3.63) is 0 Å². The van der Waals surface area contributed by atoms with Crippen LogP contribution in [-0.2, 0) is 4.74 Å². The standard InChI is InChI=1S/C16H29NO2/c18-12-16(8-4-10-19-13-16)11-17-9-3-6-14-5-1-2-7-15(14)17/h14-15,18H,1-13H2. The summed E-state index contributed by atoms with van der Waals surface area (Å²) in [4.78, 5) is 2.71. The van der Waals surface area contributed by atoms with Crippen molar-refractivity contribution in [1.29, 1.82) is 0 Å². The van der Waals surface area contributed by atoms with Crippen LogP contribution in [0.4, 0.5) is 0 Å². The zero-order chi connectivity index (χ0) is 13.1. The summed E-state index contributed by atoms with van der Waals surface area (Å²) in [5, 5.41) is 9.86. The molecule has 1 N–H and O–H groups in total. The molecule has 2 heterocycles. The molecule has 0 aromatic carbocycles. The Kier molecular flexibility index (Phi) is 4.45. The first-order valence-electron chi connectivity index (χ1n) is 8.26. The van der Waals surface area contributed by atoms with E-state index in [-0.39, 0.29) is 5.41 Å². The molecule has 0 spiro atoms. The van der Waals surface area contributed by atoms with Gasteiger partial charge in [0.2, 0.25) is 0 Å². The van der Waals surface area contributed by atoms with Crippen molar-refractivity contribution in [2.24, 2.45) is 11.3 Å². The molecule has 0 bridgehead atoms. The third-order valence-electron chi connectivity index (χ3n) is 5.64. The fourth-order valence-corrected chi connectivity index (χ4v) is 4.56. The maximum atomic E-state index is 9.86. The molecular weight excluding hydrogens is 238 g/mol. The van der Waals surface area contributed by atoms with Crippen molar-refractivity contribution >= 4 is 0 Å². The molecule has 0 aromatic rings. The highest BCUT2D eigenvalue weighted by atomic mass is 16.5. The van der Waals surface area contributed by atoms with E-state index in [0.717, 1.165) is 44.6 Å². The third-order valence-corrected chi connectivity index (χ3v) is 5.64. The van der Waals surface area contributed by atoms with Crippen LogP contribution in [0.2, 0.25) is 0 Å². The molecule has 2 aliphatic heterocycles. The largest absolute Gasteiger partial charge is 0.396 e. The van der Waals surface area contributed by atoms with Crippen LogP contribution in [-0.4, -0.2) is 49.0 Å². The van der Waals surface area contributed by atoms with Crippen LogP contribution < -0.4 is 0 Å². The monoisotopic (exact) mass is 267 g/mol. The maximum absolute atomic E-state index is 9.86. The number of rotatable bonds is 3. The summed E-state index contributed by atoms with van der Waals surface area (Å²) in [5.74, 6) is 0.933. The average molecular weight is 267 g/mol. The molecule has 3 unspecified atom stereocenters. The highest BCUT2D eigenvalue weighted by molar-refractivity contribution is 4.92. The Morgan fingerprint density at radius 1 is 1.11 bits per heavy atom. The van der Waals surface area contributed by atoms with E-state index in [0.29, 0.717) is 6.61 Å². The van der Waals surface area contributed by atoms with E-state index in [2.05, 4.69) is 4.90 Å². The molecule has 0 radical (unpaired) electrons. The van der Waals surface area contributed by atoms with E-state index in [1.165, 1.54) is 45.1 Å². The second kappa shape index (κ2) is 6.11. The topological polar surface area (TPSA) is 32.7 Å². The summed E-state index contributed by atoms with van der Waals surface area (Å²) < 4.78 is 5.67. The Bertz CT molecular complexity index is 286. The van der Waals surface area contributed by atoms with Gasteiger partial charge in [0.1, 0.15) is 0 Å². The van der Waals surface area contributed by atoms with Crippen molar-refractivity contribution in [2.45, 2.75) is 57.4 Å². The lowest BCUT2D eigenvalue weighted by Gasteiger charge is -2.48. The summed E-state index contributed by atoms with van der Waals surface area (Å²) in [6, 6.07) is 0.799. The van der Waals surface area contributed by atoms with E-state index in [1.54, 1.807) is 0 Å². The second-order valence-corrected chi connectivity index (χ2v) is 7.04. The summed E-state index contributed by atoms with van der Waals surface area (Å²) in [7, 11) is 0. The Morgan fingerprint density at radius 2 is 1.95 bits per heavy atom. The molecule has 3 heteroatoms. The zero-order valence-corrected chi connectivity index (χ0v) is 12.1. The Balaban J connectivity index is 1.66. The van der Waals surface area contributed by atoms with Crippen molar-refractivity contribution < 1.29 is 9.84 Å². The smallest absolute Gasteiger partial charge is 0.0556 e. The number of aliphatic hydroxyl groups excluding tert-OH is 1. The number of fused-ring (bicyclic) bond motifs is 1. The van der Waals surface area contributed by atoms with Gasteiger partial charge in [-0.1, -0.05) is 12.8 Å². The van der Waals surface area contributed by atoms with E-state index in [4.69, 9.17) is 4.74 Å². The first-order chi connectivity index (χ1) is 9.33. The molecule has 3 aliphatic rings. The molecule has 19 heavy (non-hydrogen) atoms. The van der Waals surface area contributed by atoms with Crippen LogP contribution >= 0.6 is 0 Å². The first-order valence-corrected chi connectivity index (χ1v) is 8.26. The Labute approximate surface area is 117 Å². The highest BCUT2D eigenvalue weighted by Gasteiger charge is 2.39. The lowest BCUT2D eigenvalue weighted by atomic mass is 9.76. The van der Waals surface area contributed by atoms with Gasteiger partial charge in [0.05, 0.1) is 13.2 Å². The number of aliphatic hydroxyl groups is 1. The van der Waals surface area contributed by atoms with E-state index >= 15 is 0 Å². The number of likely N-dealkylation sites (tertiary alicyclic amines) is 1. The zero-order valence-electron chi connectivity index (χ0n) is 12.1. The summed E-state index contributed by atoms with van der Waals surface area (Å²) in [5.41, 5.74) is 0.0254. The number of nitrogens with zero attached hydrogens (tertiary/aromatic N) is 1. The van der Waals surface area contributed by atoms with Gasteiger partial charge >= 0.3 is 0 Å². The lowest BCUT2D eigenvalue weighted by Crippen LogP contribution is -2.53. The van der Waals surface area contributed by atoms with E-state index < -0.39 is 0 Å². The molecule has 110 valence electrons. The number of ether oxygens (including phenoxy) is 1. The van der Waals surface area contributed by atoms with Crippen molar-refractivity contribution in [2.75, 3.05) is 32.9 Å². The van der Waals surface area contributed by atoms with E-state index in [1.807, 2.05) is 0 Å². The predicted molar refractivity (Wildman–Crippen MR) is 76.1 cm³/mol. The van der Waals surface area contributed by atoms with Crippen LogP contribution in [0.15, 0.2) is 0 Å². The maximum Gasteiger partial charge on any atom is 0.0556 e. The molecule has 1 saturated carbocycles. The number of piperidine rings is 1.